The summed E-state index contributed by atoms with van der Waals surface area (Å²) in [5.41, 5.74) is 7.45. The Labute approximate surface area is 104 Å². The summed E-state index contributed by atoms with van der Waals surface area (Å²) in [4.78, 5) is 4.43. The first-order valence-corrected chi connectivity index (χ1v) is 6.03. The Morgan fingerprint density at radius 2 is 2.00 bits per heavy atom. The van der Waals surface area contributed by atoms with Crippen LogP contribution in [0.25, 0.3) is 10.6 Å². The van der Waals surface area contributed by atoms with Crippen LogP contribution in [-0.2, 0) is 6.54 Å². The predicted molar refractivity (Wildman–Crippen MR) is 68.5 cm³/mol. The van der Waals surface area contributed by atoms with Crippen molar-refractivity contribution in [1.82, 2.24) is 4.98 Å². The van der Waals surface area contributed by atoms with Gasteiger partial charge in [0.15, 0.2) is 11.5 Å². The Bertz CT molecular complexity index is 511. The zero-order chi connectivity index (χ0) is 12.3. The minimum Gasteiger partial charge on any atom is -0.493 e. The van der Waals surface area contributed by atoms with Crippen LogP contribution in [-0.4, -0.2) is 19.2 Å². The molecule has 0 saturated heterocycles. The maximum Gasteiger partial charge on any atom is 0.161 e. The number of benzene rings is 1. The summed E-state index contributed by atoms with van der Waals surface area (Å²) in [6, 6.07) is 5.75. The predicted octanol–water partition coefficient (Wildman–Crippen LogP) is 2.29. The van der Waals surface area contributed by atoms with Gasteiger partial charge in [-0.3, -0.25) is 0 Å². The summed E-state index contributed by atoms with van der Waals surface area (Å²) < 4.78 is 10.5. The maximum atomic E-state index is 5.54. The Morgan fingerprint density at radius 1 is 1.24 bits per heavy atom. The molecule has 4 nitrogen and oxygen atoms in total. The van der Waals surface area contributed by atoms with Gasteiger partial charge in [-0.05, 0) is 18.2 Å². The van der Waals surface area contributed by atoms with Crippen LogP contribution >= 0.6 is 11.3 Å². The number of ether oxygens (including phenoxy) is 2. The van der Waals surface area contributed by atoms with Gasteiger partial charge in [0, 0.05) is 17.5 Å². The van der Waals surface area contributed by atoms with Gasteiger partial charge in [0.1, 0.15) is 5.01 Å². The van der Waals surface area contributed by atoms with Crippen LogP contribution in [0, 0.1) is 0 Å². The Balaban J connectivity index is 2.38. The summed E-state index contributed by atoms with van der Waals surface area (Å²) in [5, 5.41) is 2.90. The van der Waals surface area contributed by atoms with E-state index >= 15 is 0 Å². The quantitative estimate of drug-likeness (QED) is 0.904. The fourth-order valence-electron chi connectivity index (χ4n) is 1.50. The normalized spacial score (nSPS) is 10.3. The molecular formula is C12H14N2O2S. The van der Waals surface area contributed by atoms with Crippen LogP contribution in [0.4, 0.5) is 0 Å². The molecule has 0 amide bonds. The average molecular weight is 250 g/mol. The molecule has 5 heteroatoms. The van der Waals surface area contributed by atoms with Crippen molar-refractivity contribution in [3.8, 4) is 22.1 Å². The second-order valence-corrected chi connectivity index (χ2v) is 4.28. The fourth-order valence-corrected chi connectivity index (χ4v) is 2.33. The first-order valence-electron chi connectivity index (χ1n) is 5.15. The SMILES string of the molecule is COc1ccc(-c2nc(CN)cs2)cc1OC. The van der Waals surface area contributed by atoms with Crippen LogP contribution in [0.1, 0.15) is 5.69 Å². The minimum absolute atomic E-state index is 0.462. The molecule has 1 aromatic carbocycles. The topological polar surface area (TPSA) is 57.4 Å². The number of aromatic nitrogens is 1. The Morgan fingerprint density at radius 3 is 2.59 bits per heavy atom. The first-order chi connectivity index (χ1) is 8.28. The van der Waals surface area contributed by atoms with Crippen molar-refractivity contribution < 1.29 is 9.47 Å². The highest BCUT2D eigenvalue weighted by atomic mass is 32.1. The van der Waals surface area contributed by atoms with Crippen molar-refractivity contribution >= 4 is 11.3 Å². The van der Waals surface area contributed by atoms with Crippen molar-refractivity contribution in [2.75, 3.05) is 14.2 Å². The minimum atomic E-state index is 0.462. The van der Waals surface area contributed by atoms with E-state index in [9.17, 15) is 0 Å². The summed E-state index contributed by atoms with van der Waals surface area (Å²) in [6.07, 6.45) is 0. The van der Waals surface area contributed by atoms with Gasteiger partial charge in [-0.1, -0.05) is 0 Å². The number of hydrogen-bond donors (Lipinski definition) is 1. The Kier molecular flexibility index (Phi) is 3.61. The molecule has 2 rings (SSSR count). The van der Waals surface area contributed by atoms with Gasteiger partial charge in [0.05, 0.1) is 19.9 Å². The van der Waals surface area contributed by atoms with Crippen LogP contribution in [0.3, 0.4) is 0 Å². The molecule has 0 aliphatic rings. The van der Waals surface area contributed by atoms with E-state index in [1.54, 1.807) is 25.6 Å². The molecule has 0 radical (unpaired) electrons. The van der Waals surface area contributed by atoms with Gasteiger partial charge in [0.2, 0.25) is 0 Å². The van der Waals surface area contributed by atoms with E-state index in [0.29, 0.717) is 18.0 Å². The van der Waals surface area contributed by atoms with Crippen molar-refractivity contribution in [2.24, 2.45) is 5.73 Å². The summed E-state index contributed by atoms with van der Waals surface area (Å²) in [6.45, 7) is 0.462. The van der Waals surface area contributed by atoms with Crippen molar-refractivity contribution in [2.45, 2.75) is 6.54 Å². The number of rotatable bonds is 4. The lowest BCUT2D eigenvalue weighted by molar-refractivity contribution is 0.355. The third-order valence-electron chi connectivity index (χ3n) is 2.39. The first kappa shape index (κ1) is 11.9. The summed E-state index contributed by atoms with van der Waals surface area (Å²) >= 11 is 1.57. The molecule has 0 unspecified atom stereocenters. The summed E-state index contributed by atoms with van der Waals surface area (Å²) in [5.74, 6) is 1.42. The van der Waals surface area contributed by atoms with Gasteiger partial charge in [0.25, 0.3) is 0 Å². The monoisotopic (exact) mass is 250 g/mol. The summed E-state index contributed by atoms with van der Waals surface area (Å²) in [7, 11) is 3.24. The molecule has 0 aliphatic carbocycles. The van der Waals surface area contributed by atoms with Gasteiger partial charge in [-0.15, -0.1) is 11.3 Å². The molecule has 90 valence electrons. The van der Waals surface area contributed by atoms with E-state index in [0.717, 1.165) is 16.3 Å². The number of hydrogen-bond acceptors (Lipinski definition) is 5. The molecule has 1 aromatic heterocycles. The van der Waals surface area contributed by atoms with Crippen LogP contribution in [0.15, 0.2) is 23.6 Å². The molecule has 1 heterocycles. The van der Waals surface area contributed by atoms with E-state index in [1.165, 1.54) is 0 Å². The number of thiazole rings is 1. The average Bonchev–Trinajstić information content (AvgIpc) is 2.86. The number of nitrogens with zero attached hydrogens (tertiary/aromatic N) is 1. The lowest BCUT2D eigenvalue weighted by atomic mass is 10.2. The molecular weight excluding hydrogens is 236 g/mol. The molecule has 0 saturated carbocycles. The van der Waals surface area contributed by atoms with Crippen molar-refractivity contribution in [1.29, 1.82) is 0 Å². The lowest BCUT2D eigenvalue weighted by Crippen LogP contribution is -1.95. The number of nitrogens with two attached hydrogens (primary N) is 1. The van der Waals surface area contributed by atoms with E-state index in [2.05, 4.69) is 4.98 Å². The maximum absolute atomic E-state index is 5.54. The molecule has 0 aliphatic heterocycles. The van der Waals surface area contributed by atoms with E-state index in [-0.39, 0.29) is 0 Å². The highest BCUT2D eigenvalue weighted by molar-refractivity contribution is 7.13. The van der Waals surface area contributed by atoms with Crippen LogP contribution in [0.2, 0.25) is 0 Å². The fraction of sp³-hybridized carbons (Fsp3) is 0.250. The second-order valence-electron chi connectivity index (χ2n) is 3.42. The van der Waals surface area contributed by atoms with E-state index in [1.807, 2.05) is 23.6 Å². The van der Waals surface area contributed by atoms with Crippen LogP contribution in [0.5, 0.6) is 11.5 Å². The third-order valence-corrected chi connectivity index (χ3v) is 3.33. The lowest BCUT2D eigenvalue weighted by Gasteiger charge is -2.08. The largest absolute Gasteiger partial charge is 0.493 e. The molecule has 0 fully saturated rings. The molecule has 17 heavy (non-hydrogen) atoms. The van der Waals surface area contributed by atoms with Crippen molar-refractivity contribution in [3.05, 3.63) is 29.3 Å². The van der Waals surface area contributed by atoms with Gasteiger partial charge < -0.3 is 15.2 Å². The second kappa shape index (κ2) is 5.16. The van der Waals surface area contributed by atoms with Gasteiger partial charge >= 0.3 is 0 Å². The standard InChI is InChI=1S/C12H14N2O2S/c1-15-10-4-3-8(5-11(10)16-2)12-14-9(6-13)7-17-12/h3-5,7H,6,13H2,1-2H3. The molecule has 2 N–H and O–H groups in total. The molecule has 2 aromatic rings. The zero-order valence-electron chi connectivity index (χ0n) is 9.77. The third kappa shape index (κ3) is 2.40. The molecule has 0 bridgehead atoms. The van der Waals surface area contributed by atoms with Crippen LogP contribution < -0.4 is 15.2 Å². The van der Waals surface area contributed by atoms with Crippen molar-refractivity contribution in [3.63, 3.8) is 0 Å². The van der Waals surface area contributed by atoms with Gasteiger partial charge in [-0.2, -0.15) is 0 Å². The molecule has 0 spiro atoms. The highest BCUT2D eigenvalue weighted by Gasteiger charge is 2.08. The van der Waals surface area contributed by atoms with E-state index in [4.69, 9.17) is 15.2 Å². The smallest absolute Gasteiger partial charge is 0.161 e. The Hall–Kier alpha value is -1.59. The zero-order valence-corrected chi connectivity index (χ0v) is 10.6. The van der Waals surface area contributed by atoms with E-state index < -0.39 is 0 Å². The molecule has 0 atom stereocenters. The van der Waals surface area contributed by atoms with Gasteiger partial charge in [-0.25, -0.2) is 4.98 Å². The highest BCUT2D eigenvalue weighted by Crippen LogP contribution is 2.33. The number of methoxy groups -OCH3 is 2.